The van der Waals surface area contributed by atoms with Crippen molar-refractivity contribution in [3.05, 3.63) is 52.8 Å². The number of halogens is 2. The van der Waals surface area contributed by atoms with Crippen LogP contribution in [-0.4, -0.2) is 25.1 Å². The molecule has 0 aliphatic heterocycles. The van der Waals surface area contributed by atoms with Gasteiger partial charge in [-0.25, -0.2) is 9.18 Å². The van der Waals surface area contributed by atoms with Gasteiger partial charge in [-0.2, -0.15) is 0 Å². The molecule has 0 aromatic heterocycles. The van der Waals surface area contributed by atoms with E-state index in [-0.39, 0.29) is 11.3 Å². The number of amides is 1. The minimum atomic E-state index is -1.12. The highest BCUT2D eigenvalue weighted by Crippen LogP contribution is 2.28. The normalized spacial score (nSPS) is 11.5. The van der Waals surface area contributed by atoms with Crippen LogP contribution in [0.15, 0.2) is 36.4 Å². The number of carbonyl (C=O) groups excluding carboxylic acids is 2. The number of ether oxygens (including phenoxy) is 2. The fourth-order valence-corrected chi connectivity index (χ4v) is 2.18. The highest BCUT2D eigenvalue weighted by atomic mass is 35.5. The van der Waals surface area contributed by atoms with Gasteiger partial charge in [0.15, 0.2) is 6.10 Å². The van der Waals surface area contributed by atoms with Gasteiger partial charge in [0.05, 0.1) is 18.4 Å². The minimum absolute atomic E-state index is 0.0265. The lowest BCUT2D eigenvalue weighted by molar-refractivity contribution is -0.123. The summed E-state index contributed by atoms with van der Waals surface area (Å²) >= 11 is 5.89. The Kier molecular flexibility index (Phi) is 5.82. The summed E-state index contributed by atoms with van der Waals surface area (Å²) in [5.74, 6) is -1.60. The number of methoxy groups -OCH3 is 1. The molecule has 0 saturated heterocycles. The van der Waals surface area contributed by atoms with E-state index in [1.54, 1.807) is 12.1 Å². The van der Waals surface area contributed by atoms with Gasteiger partial charge in [0.2, 0.25) is 0 Å². The van der Waals surface area contributed by atoms with E-state index in [0.29, 0.717) is 16.5 Å². The summed E-state index contributed by atoms with van der Waals surface area (Å²) in [6.45, 7) is 1.39. The number of hydrogen-bond donors (Lipinski definition) is 2. The van der Waals surface area contributed by atoms with Crippen molar-refractivity contribution in [1.29, 1.82) is 0 Å². The Labute approximate surface area is 148 Å². The maximum atomic E-state index is 13.0. The van der Waals surface area contributed by atoms with E-state index in [1.165, 1.54) is 26.2 Å². The summed E-state index contributed by atoms with van der Waals surface area (Å²) in [5, 5.41) is 2.97. The average molecular weight is 367 g/mol. The Hall–Kier alpha value is -2.80. The molecule has 3 N–H and O–H groups in total. The van der Waals surface area contributed by atoms with Gasteiger partial charge in [0, 0.05) is 10.7 Å². The predicted molar refractivity (Wildman–Crippen MR) is 92.3 cm³/mol. The van der Waals surface area contributed by atoms with Gasteiger partial charge in [-0.15, -0.1) is 0 Å². The van der Waals surface area contributed by atoms with Gasteiger partial charge in [0.25, 0.3) is 5.91 Å². The molecule has 8 heteroatoms. The number of carbonyl (C=O) groups is 2. The SMILES string of the molecule is COc1ccc(Cl)cc1NC(=O)[C@H](C)OC(=O)c1ccc(F)cc1N. The number of rotatable bonds is 5. The van der Waals surface area contributed by atoms with E-state index < -0.39 is 23.8 Å². The van der Waals surface area contributed by atoms with Crippen LogP contribution in [0.5, 0.6) is 5.75 Å². The molecular weight excluding hydrogens is 351 g/mol. The van der Waals surface area contributed by atoms with Crippen molar-refractivity contribution in [3.8, 4) is 5.75 Å². The smallest absolute Gasteiger partial charge is 0.341 e. The second kappa shape index (κ2) is 7.85. The molecule has 132 valence electrons. The first kappa shape index (κ1) is 18.5. The van der Waals surface area contributed by atoms with Crippen molar-refractivity contribution in [2.75, 3.05) is 18.2 Å². The molecule has 1 atom stereocenters. The second-order valence-corrected chi connectivity index (χ2v) is 5.55. The molecule has 0 radical (unpaired) electrons. The van der Waals surface area contributed by atoms with Crippen LogP contribution in [0.3, 0.4) is 0 Å². The molecule has 25 heavy (non-hydrogen) atoms. The van der Waals surface area contributed by atoms with Gasteiger partial charge in [-0.3, -0.25) is 4.79 Å². The number of nitrogens with one attached hydrogen (secondary N) is 1. The van der Waals surface area contributed by atoms with E-state index in [2.05, 4.69) is 5.32 Å². The zero-order valence-corrected chi connectivity index (χ0v) is 14.3. The van der Waals surface area contributed by atoms with E-state index in [4.69, 9.17) is 26.8 Å². The highest BCUT2D eigenvalue weighted by molar-refractivity contribution is 6.31. The monoisotopic (exact) mass is 366 g/mol. The molecular formula is C17H16ClFN2O4. The summed E-state index contributed by atoms with van der Waals surface area (Å²) in [7, 11) is 1.44. The third-order valence-electron chi connectivity index (χ3n) is 3.31. The Morgan fingerprint density at radius 2 is 1.96 bits per heavy atom. The Bertz CT molecular complexity index is 813. The summed E-state index contributed by atoms with van der Waals surface area (Å²) < 4.78 is 23.2. The van der Waals surface area contributed by atoms with Crippen LogP contribution in [0.25, 0.3) is 0 Å². The standard InChI is InChI=1S/C17H16ClFN2O4/c1-9(25-17(23)12-5-4-11(19)8-13(12)20)16(22)21-14-7-10(18)3-6-15(14)24-2/h3-9H,20H2,1-2H3,(H,21,22)/t9-/m0/s1. The molecule has 6 nitrogen and oxygen atoms in total. The molecule has 1 amide bonds. The van der Waals surface area contributed by atoms with E-state index in [9.17, 15) is 14.0 Å². The van der Waals surface area contributed by atoms with Gasteiger partial charge in [-0.05, 0) is 43.3 Å². The fourth-order valence-electron chi connectivity index (χ4n) is 2.01. The van der Waals surface area contributed by atoms with Crippen LogP contribution >= 0.6 is 11.6 Å². The van der Waals surface area contributed by atoms with Crippen LogP contribution in [0.4, 0.5) is 15.8 Å². The van der Waals surface area contributed by atoms with Gasteiger partial charge >= 0.3 is 5.97 Å². The van der Waals surface area contributed by atoms with Crippen LogP contribution in [0, 0.1) is 5.82 Å². The Morgan fingerprint density at radius 1 is 1.24 bits per heavy atom. The van der Waals surface area contributed by atoms with Crippen molar-refractivity contribution >= 4 is 34.9 Å². The van der Waals surface area contributed by atoms with Crippen LogP contribution in [0.2, 0.25) is 5.02 Å². The molecule has 2 aromatic rings. The molecule has 0 spiro atoms. The largest absolute Gasteiger partial charge is 0.495 e. The predicted octanol–water partition coefficient (Wildman–Crippen LogP) is 3.25. The second-order valence-electron chi connectivity index (χ2n) is 5.11. The third kappa shape index (κ3) is 4.60. The lowest BCUT2D eigenvalue weighted by Crippen LogP contribution is -2.30. The highest BCUT2D eigenvalue weighted by Gasteiger charge is 2.21. The molecule has 0 heterocycles. The molecule has 2 aromatic carbocycles. The zero-order valence-electron chi connectivity index (χ0n) is 13.5. The number of anilines is 2. The van der Waals surface area contributed by atoms with E-state index in [0.717, 1.165) is 12.1 Å². The van der Waals surface area contributed by atoms with E-state index in [1.807, 2.05) is 0 Å². The van der Waals surface area contributed by atoms with Gasteiger partial charge in [-0.1, -0.05) is 11.6 Å². The molecule has 0 aliphatic carbocycles. The maximum absolute atomic E-state index is 13.0. The van der Waals surface area contributed by atoms with E-state index >= 15 is 0 Å². The molecule has 2 rings (SSSR count). The number of hydrogen-bond acceptors (Lipinski definition) is 5. The molecule has 0 fully saturated rings. The summed E-state index contributed by atoms with van der Waals surface area (Å²) in [5.41, 5.74) is 5.82. The number of esters is 1. The van der Waals surface area contributed by atoms with Crippen molar-refractivity contribution in [2.24, 2.45) is 0 Å². The van der Waals surface area contributed by atoms with Gasteiger partial charge < -0.3 is 20.5 Å². The molecule has 0 bridgehead atoms. The minimum Gasteiger partial charge on any atom is -0.495 e. The van der Waals surface area contributed by atoms with Crippen molar-refractivity contribution in [2.45, 2.75) is 13.0 Å². The quantitative estimate of drug-likeness (QED) is 0.626. The third-order valence-corrected chi connectivity index (χ3v) is 3.54. The number of nitrogen functional groups attached to an aromatic ring is 1. The topological polar surface area (TPSA) is 90.6 Å². The first-order valence-corrected chi connectivity index (χ1v) is 7.60. The number of benzene rings is 2. The summed E-state index contributed by atoms with van der Waals surface area (Å²) in [6, 6.07) is 7.97. The van der Waals surface area contributed by atoms with Crippen molar-refractivity contribution in [1.82, 2.24) is 0 Å². The van der Waals surface area contributed by atoms with Crippen LogP contribution in [0.1, 0.15) is 17.3 Å². The summed E-state index contributed by atoms with van der Waals surface area (Å²) in [4.78, 5) is 24.3. The number of nitrogens with two attached hydrogens (primary N) is 1. The maximum Gasteiger partial charge on any atom is 0.341 e. The van der Waals surface area contributed by atoms with Crippen LogP contribution in [-0.2, 0) is 9.53 Å². The average Bonchev–Trinajstić information content (AvgIpc) is 2.54. The zero-order chi connectivity index (χ0) is 18.6. The molecule has 0 unspecified atom stereocenters. The first-order valence-electron chi connectivity index (χ1n) is 7.22. The van der Waals surface area contributed by atoms with Gasteiger partial charge in [0.1, 0.15) is 11.6 Å². The van der Waals surface area contributed by atoms with Crippen molar-refractivity contribution in [3.63, 3.8) is 0 Å². The Balaban J connectivity index is 2.07. The Morgan fingerprint density at radius 3 is 2.60 bits per heavy atom. The van der Waals surface area contributed by atoms with Crippen molar-refractivity contribution < 1.29 is 23.5 Å². The summed E-state index contributed by atoms with van der Waals surface area (Å²) in [6.07, 6.45) is -1.12. The fraction of sp³-hybridized carbons (Fsp3) is 0.176. The van der Waals surface area contributed by atoms with Crippen LogP contribution < -0.4 is 15.8 Å². The lowest BCUT2D eigenvalue weighted by atomic mass is 10.2. The molecule has 0 aliphatic rings. The lowest BCUT2D eigenvalue weighted by Gasteiger charge is -2.16. The first-order chi connectivity index (χ1) is 11.8. The molecule has 0 saturated carbocycles.